The van der Waals surface area contributed by atoms with Crippen LogP contribution in [0, 0.1) is 0 Å². The molecule has 0 radical (unpaired) electrons. The van der Waals surface area contributed by atoms with Gasteiger partial charge in [0.1, 0.15) is 0 Å². The summed E-state index contributed by atoms with van der Waals surface area (Å²) in [5, 5.41) is 7.12. The topological polar surface area (TPSA) is 29.0 Å². The fourth-order valence-corrected chi connectivity index (χ4v) is 9.34. The molecule has 0 N–H and O–H groups in total. The first-order chi connectivity index (χ1) is 27.8. The van der Waals surface area contributed by atoms with Crippen LogP contribution in [0.25, 0.3) is 86.4 Å². The fourth-order valence-electron chi connectivity index (χ4n) is 8.20. The molecule has 0 saturated heterocycles. The summed E-state index contributed by atoms with van der Waals surface area (Å²) in [6, 6.07) is 71.4. The minimum atomic E-state index is 0.877. The van der Waals surface area contributed by atoms with Gasteiger partial charge in [0, 0.05) is 53.6 Å². The van der Waals surface area contributed by atoms with Crippen molar-refractivity contribution in [2.45, 2.75) is 0 Å². The molecule has 0 aliphatic heterocycles. The zero-order valence-electron chi connectivity index (χ0n) is 30.3. The number of anilines is 3. The Labute approximate surface area is 328 Å². The normalized spacial score (nSPS) is 11.6. The lowest BCUT2D eigenvalue weighted by atomic mass is 9.97. The van der Waals surface area contributed by atoms with E-state index in [-0.39, 0.29) is 0 Å². The Kier molecular flexibility index (Phi) is 7.68. The summed E-state index contributed by atoms with van der Waals surface area (Å²) in [6.07, 6.45) is 0. The average molecular weight is 732 g/mol. The Morgan fingerprint density at radius 2 is 0.964 bits per heavy atom. The molecule has 56 heavy (non-hydrogen) atoms. The van der Waals surface area contributed by atoms with E-state index in [4.69, 9.17) is 9.97 Å². The highest BCUT2D eigenvalue weighted by molar-refractivity contribution is 7.25. The zero-order valence-corrected chi connectivity index (χ0v) is 31.1. The van der Waals surface area contributed by atoms with Gasteiger partial charge < -0.3 is 4.90 Å². The summed E-state index contributed by atoms with van der Waals surface area (Å²) in [7, 11) is 0. The van der Waals surface area contributed by atoms with Crippen LogP contribution >= 0.6 is 11.3 Å². The van der Waals surface area contributed by atoms with E-state index in [1.54, 1.807) is 0 Å². The van der Waals surface area contributed by atoms with Crippen LogP contribution in [-0.2, 0) is 0 Å². The molecule has 2 heterocycles. The van der Waals surface area contributed by atoms with E-state index in [0.29, 0.717) is 0 Å². The summed E-state index contributed by atoms with van der Waals surface area (Å²) >= 11 is 1.85. The molecule has 0 unspecified atom stereocenters. The Morgan fingerprint density at radius 1 is 0.393 bits per heavy atom. The number of para-hydroxylation sites is 1. The first-order valence-corrected chi connectivity index (χ1v) is 19.7. The third-order valence-corrected chi connectivity index (χ3v) is 12.0. The summed E-state index contributed by atoms with van der Waals surface area (Å²) in [4.78, 5) is 13.2. The van der Waals surface area contributed by atoms with Gasteiger partial charge in [0.15, 0.2) is 0 Å². The van der Waals surface area contributed by atoms with Gasteiger partial charge in [0.05, 0.1) is 28.1 Å². The van der Waals surface area contributed by atoms with Crippen LogP contribution < -0.4 is 4.90 Å². The fraction of sp³-hybridized carbons (Fsp3) is 0. The van der Waals surface area contributed by atoms with E-state index in [1.165, 1.54) is 31.3 Å². The molecule has 0 fully saturated rings. The van der Waals surface area contributed by atoms with E-state index in [0.717, 1.165) is 72.2 Å². The molecule has 262 valence electrons. The lowest BCUT2D eigenvalue weighted by Crippen LogP contribution is -2.11. The van der Waals surface area contributed by atoms with Gasteiger partial charge in [-0.2, -0.15) is 0 Å². The third kappa shape index (κ3) is 5.42. The predicted molar refractivity (Wildman–Crippen MR) is 238 cm³/mol. The quantitative estimate of drug-likeness (QED) is 0.159. The highest BCUT2D eigenvalue weighted by atomic mass is 32.1. The Hall–Kier alpha value is -7.14. The molecule has 0 spiro atoms. The van der Waals surface area contributed by atoms with Crippen LogP contribution in [0.1, 0.15) is 0 Å². The zero-order chi connectivity index (χ0) is 37.0. The van der Waals surface area contributed by atoms with Gasteiger partial charge in [-0.1, -0.05) is 158 Å². The number of nitrogens with zero attached hydrogens (tertiary/aromatic N) is 3. The number of fused-ring (bicyclic) bond motifs is 8. The van der Waals surface area contributed by atoms with Crippen molar-refractivity contribution in [3.8, 4) is 33.6 Å². The average Bonchev–Trinajstić information content (AvgIpc) is 3.65. The summed E-state index contributed by atoms with van der Waals surface area (Å²) < 4.78 is 2.57. The van der Waals surface area contributed by atoms with Crippen LogP contribution in [-0.4, -0.2) is 9.97 Å². The van der Waals surface area contributed by atoms with Gasteiger partial charge >= 0.3 is 0 Å². The minimum absolute atomic E-state index is 0.877. The van der Waals surface area contributed by atoms with Crippen LogP contribution in [0.2, 0.25) is 0 Å². The molecule has 0 aliphatic carbocycles. The monoisotopic (exact) mass is 731 g/mol. The van der Waals surface area contributed by atoms with Crippen molar-refractivity contribution in [2.24, 2.45) is 0 Å². The Bertz CT molecular complexity index is 3250. The van der Waals surface area contributed by atoms with Crippen molar-refractivity contribution in [1.29, 1.82) is 0 Å². The molecular weight excluding hydrogens is 699 g/mol. The maximum atomic E-state index is 5.47. The maximum absolute atomic E-state index is 5.47. The second-order valence-electron chi connectivity index (χ2n) is 14.2. The molecule has 11 aromatic rings. The molecule has 0 atom stereocenters. The van der Waals surface area contributed by atoms with Crippen molar-refractivity contribution in [3.63, 3.8) is 0 Å². The van der Waals surface area contributed by atoms with Gasteiger partial charge in [0.2, 0.25) is 0 Å². The van der Waals surface area contributed by atoms with Crippen molar-refractivity contribution < 1.29 is 0 Å². The Morgan fingerprint density at radius 3 is 1.73 bits per heavy atom. The smallest absolute Gasteiger partial charge is 0.0979 e. The number of aromatic nitrogens is 2. The van der Waals surface area contributed by atoms with Crippen molar-refractivity contribution >= 4 is 81.1 Å². The van der Waals surface area contributed by atoms with Gasteiger partial charge in [-0.3, -0.25) is 0 Å². The van der Waals surface area contributed by atoms with Gasteiger partial charge in [0.25, 0.3) is 0 Å². The molecule has 0 saturated carbocycles. The SMILES string of the molecule is c1ccc(-c2ccccc2N(c2ccc3c(ccc4ccc5nc(-c6ccccc6)c(-c6ccccc6)nc5c43)c2)c2ccc3c(c2)sc2ccccc23)cc1. The first-order valence-electron chi connectivity index (χ1n) is 18.9. The molecule has 0 aliphatic rings. The predicted octanol–water partition coefficient (Wildman–Crippen LogP) is 14.8. The number of hydrogen-bond acceptors (Lipinski definition) is 4. The van der Waals surface area contributed by atoms with Gasteiger partial charge in [-0.25, -0.2) is 9.97 Å². The van der Waals surface area contributed by atoms with E-state index in [9.17, 15) is 0 Å². The van der Waals surface area contributed by atoms with E-state index in [2.05, 4.69) is 193 Å². The molecule has 2 aromatic heterocycles. The Balaban J connectivity index is 1.14. The third-order valence-electron chi connectivity index (χ3n) is 10.8. The van der Waals surface area contributed by atoms with Crippen LogP contribution in [0.5, 0.6) is 0 Å². The molecule has 9 aromatic carbocycles. The number of benzene rings is 9. The summed E-state index contributed by atoms with van der Waals surface area (Å²) in [5.74, 6) is 0. The molecule has 4 heteroatoms. The van der Waals surface area contributed by atoms with E-state index in [1.807, 2.05) is 23.5 Å². The number of thiophene rings is 1. The second-order valence-corrected chi connectivity index (χ2v) is 15.2. The minimum Gasteiger partial charge on any atom is -0.310 e. The van der Waals surface area contributed by atoms with Crippen LogP contribution in [0.3, 0.4) is 0 Å². The standard InChI is InChI=1S/C52H33N3S/c1-4-14-34(15-5-1)41-20-10-12-22-46(41)55(40-28-30-44-43-21-11-13-23-47(43)56-48(44)33-40)39-27-29-42-38(32-39)25-24-35-26-31-45-52(49(35)42)54-51(37-18-8-3-9-19-37)50(53-45)36-16-6-2-7-17-36/h1-33H. The lowest BCUT2D eigenvalue weighted by molar-refractivity contribution is 1.29. The van der Waals surface area contributed by atoms with Crippen molar-refractivity contribution in [1.82, 2.24) is 9.97 Å². The lowest BCUT2D eigenvalue weighted by Gasteiger charge is -2.28. The molecule has 11 rings (SSSR count). The van der Waals surface area contributed by atoms with E-state index >= 15 is 0 Å². The maximum Gasteiger partial charge on any atom is 0.0979 e. The largest absolute Gasteiger partial charge is 0.310 e. The molecule has 0 amide bonds. The second kappa shape index (κ2) is 13.3. The van der Waals surface area contributed by atoms with Gasteiger partial charge in [-0.05, 0) is 64.2 Å². The summed E-state index contributed by atoms with van der Waals surface area (Å²) in [6.45, 7) is 0. The number of rotatable bonds is 6. The highest BCUT2D eigenvalue weighted by Crippen LogP contribution is 2.45. The number of hydrogen-bond donors (Lipinski definition) is 0. The van der Waals surface area contributed by atoms with Crippen molar-refractivity contribution in [3.05, 3.63) is 200 Å². The van der Waals surface area contributed by atoms with Crippen LogP contribution in [0.4, 0.5) is 17.1 Å². The van der Waals surface area contributed by atoms with Crippen molar-refractivity contribution in [2.75, 3.05) is 4.90 Å². The molecular formula is C52H33N3S. The highest BCUT2D eigenvalue weighted by Gasteiger charge is 2.20. The van der Waals surface area contributed by atoms with E-state index < -0.39 is 0 Å². The van der Waals surface area contributed by atoms with Crippen LogP contribution in [0.15, 0.2) is 200 Å². The van der Waals surface area contributed by atoms with Gasteiger partial charge in [-0.15, -0.1) is 11.3 Å². The summed E-state index contributed by atoms with van der Waals surface area (Å²) in [5.41, 5.74) is 11.3. The molecule has 0 bridgehead atoms. The first kappa shape index (κ1) is 32.3. The molecule has 3 nitrogen and oxygen atoms in total.